The highest BCUT2D eigenvalue weighted by atomic mass is 16.3. The van der Waals surface area contributed by atoms with Crippen LogP contribution in [0.1, 0.15) is 64.2 Å². The molecule has 1 amide bonds. The van der Waals surface area contributed by atoms with Crippen LogP contribution in [0.25, 0.3) is 0 Å². The molecule has 0 bridgehead atoms. The van der Waals surface area contributed by atoms with E-state index in [1.807, 2.05) is 0 Å². The van der Waals surface area contributed by atoms with Crippen molar-refractivity contribution in [3.8, 4) is 0 Å². The molecule has 1 heterocycles. The Bertz CT molecular complexity index is 389. The predicted molar refractivity (Wildman–Crippen MR) is 84.4 cm³/mol. The largest absolute Gasteiger partial charge is 0.389 e. The van der Waals surface area contributed by atoms with Crippen molar-refractivity contribution in [3.05, 3.63) is 0 Å². The molecule has 3 N–H and O–H groups in total. The second-order valence-corrected chi connectivity index (χ2v) is 7.51. The van der Waals surface area contributed by atoms with Gasteiger partial charge >= 0.3 is 0 Å². The highest BCUT2D eigenvalue weighted by Gasteiger charge is 2.40. The van der Waals surface area contributed by atoms with Gasteiger partial charge in [0.25, 0.3) is 0 Å². The zero-order chi connectivity index (χ0) is 15.6. The van der Waals surface area contributed by atoms with Crippen molar-refractivity contribution >= 4 is 5.91 Å². The number of likely N-dealkylation sites (tertiary alicyclic amines) is 1. The molecule has 126 valence electrons. The van der Waals surface area contributed by atoms with E-state index in [1.165, 1.54) is 12.8 Å². The Labute approximate surface area is 133 Å². The Kier molecular flexibility index (Phi) is 5.05. The second-order valence-electron chi connectivity index (χ2n) is 7.51. The first kappa shape index (κ1) is 16.2. The number of rotatable bonds is 4. The summed E-state index contributed by atoms with van der Waals surface area (Å²) in [4.78, 5) is 14.6. The highest BCUT2D eigenvalue weighted by Crippen LogP contribution is 2.32. The number of carbonyl (C=O) groups is 1. The minimum atomic E-state index is -0.819. The molecule has 3 fully saturated rings. The molecule has 2 saturated carbocycles. The third-order valence-corrected chi connectivity index (χ3v) is 5.81. The van der Waals surface area contributed by atoms with E-state index < -0.39 is 11.7 Å². The van der Waals surface area contributed by atoms with Gasteiger partial charge in [-0.25, -0.2) is 0 Å². The molecule has 2 aliphatic carbocycles. The van der Waals surface area contributed by atoms with E-state index in [-0.39, 0.29) is 24.4 Å². The smallest absolute Gasteiger partial charge is 0.223 e. The molecule has 0 spiro atoms. The number of carbonyl (C=O) groups excluding carboxylic acids is 1. The fourth-order valence-corrected chi connectivity index (χ4v) is 4.53. The van der Waals surface area contributed by atoms with Crippen LogP contribution in [-0.4, -0.2) is 57.9 Å². The quantitative estimate of drug-likeness (QED) is 0.729. The molecule has 0 aromatic carbocycles. The predicted octanol–water partition coefficient (Wildman–Crippen LogP) is 1.18. The van der Waals surface area contributed by atoms with Crippen LogP contribution in [0.3, 0.4) is 0 Å². The number of aliphatic hydroxyl groups excluding tert-OH is 1. The van der Waals surface area contributed by atoms with Crippen LogP contribution >= 0.6 is 0 Å². The summed E-state index contributed by atoms with van der Waals surface area (Å²) in [6, 6.07) is 0.0517. The number of nitrogens with zero attached hydrogens (tertiary/aromatic N) is 1. The molecule has 3 atom stereocenters. The number of nitrogens with one attached hydrogen (secondary N) is 1. The Balaban J connectivity index is 1.49. The average molecular weight is 310 g/mol. The lowest BCUT2D eigenvalue weighted by Gasteiger charge is -2.32. The normalized spacial score (nSPS) is 35.6. The summed E-state index contributed by atoms with van der Waals surface area (Å²) < 4.78 is 0. The maximum Gasteiger partial charge on any atom is 0.223 e. The minimum Gasteiger partial charge on any atom is -0.389 e. The Morgan fingerprint density at radius 2 is 1.77 bits per heavy atom. The van der Waals surface area contributed by atoms with Crippen LogP contribution in [-0.2, 0) is 4.79 Å². The van der Waals surface area contributed by atoms with Crippen molar-refractivity contribution in [3.63, 3.8) is 0 Å². The van der Waals surface area contributed by atoms with Crippen LogP contribution in [0.2, 0.25) is 0 Å². The molecule has 0 radical (unpaired) electrons. The summed E-state index contributed by atoms with van der Waals surface area (Å²) in [5.74, 6) is -0.101. The number of aliphatic hydroxyl groups is 2. The third-order valence-electron chi connectivity index (χ3n) is 5.81. The van der Waals surface area contributed by atoms with Gasteiger partial charge in [0.1, 0.15) is 0 Å². The van der Waals surface area contributed by atoms with Gasteiger partial charge in [0, 0.05) is 6.04 Å². The molecule has 5 heteroatoms. The molecular formula is C17H30N2O3. The third kappa shape index (κ3) is 3.63. The van der Waals surface area contributed by atoms with Gasteiger partial charge in [0.05, 0.1) is 24.2 Å². The minimum absolute atomic E-state index is 0.101. The van der Waals surface area contributed by atoms with Gasteiger partial charge in [-0.3, -0.25) is 9.69 Å². The van der Waals surface area contributed by atoms with E-state index in [9.17, 15) is 15.0 Å². The van der Waals surface area contributed by atoms with Gasteiger partial charge in [0.2, 0.25) is 5.91 Å². The SMILES string of the molecule is O=C(CC1(O)CCCCC1)N[C@@H]1CC[C@@H](N2CCCC2)[C@@H]1O. The molecule has 1 aliphatic heterocycles. The summed E-state index contributed by atoms with van der Waals surface area (Å²) in [6.45, 7) is 2.14. The van der Waals surface area contributed by atoms with Crippen LogP contribution in [0.5, 0.6) is 0 Å². The monoisotopic (exact) mass is 310 g/mol. The molecule has 0 unspecified atom stereocenters. The van der Waals surface area contributed by atoms with Crippen molar-refractivity contribution < 1.29 is 15.0 Å². The summed E-state index contributed by atoms with van der Waals surface area (Å²) in [7, 11) is 0. The van der Waals surface area contributed by atoms with Crippen molar-refractivity contribution in [1.29, 1.82) is 0 Å². The van der Waals surface area contributed by atoms with Gasteiger partial charge in [-0.15, -0.1) is 0 Å². The summed E-state index contributed by atoms with van der Waals surface area (Å²) in [5, 5.41) is 24.0. The average Bonchev–Trinajstić information content (AvgIpc) is 3.10. The summed E-state index contributed by atoms with van der Waals surface area (Å²) in [6.07, 6.45) is 8.56. The first-order chi connectivity index (χ1) is 10.6. The Hall–Kier alpha value is -0.650. The summed E-state index contributed by atoms with van der Waals surface area (Å²) in [5.41, 5.74) is -0.819. The van der Waals surface area contributed by atoms with Gasteiger partial charge in [-0.05, 0) is 51.6 Å². The van der Waals surface area contributed by atoms with E-state index in [0.717, 1.165) is 58.0 Å². The molecule has 0 aromatic heterocycles. The maximum atomic E-state index is 12.3. The van der Waals surface area contributed by atoms with Crippen LogP contribution in [0.4, 0.5) is 0 Å². The number of amides is 1. The van der Waals surface area contributed by atoms with E-state index in [1.54, 1.807) is 0 Å². The lowest BCUT2D eigenvalue weighted by atomic mass is 9.82. The topological polar surface area (TPSA) is 72.8 Å². The van der Waals surface area contributed by atoms with E-state index >= 15 is 0 Å². The zero-order valence-corrected chi connectivity index (χ0v) is 13.5. The van der Waals surface area contributed by atoms with E-state index in [4.69, 9.17) is 0 Å². The molecule has 3 rings (SSSR count). The Morgan fingerprint density at radius 1 is 1.09 bits per heavy atom. The van der Waals surface area contributed by atoms with E-state index in [0.29, 0.717) is 0 Å². The maximum absolute atomic E-state index is 12.3. The Morgan fingerprint density at radius 3 is 2.45 bits per heavy atom. The molecule has 22 heavy (non-hydrogen) atoms. The molecular weight excluding hydrogens is 280 g/mol. The highest BCUT2D eigenvalue weighted by molar-refractivity contribution is 5.77. The molecule has 0 aromatic rings. The van der Waals surface area contributed by atoms with Crippen molar-refractivity contribution in [2.45, 2.75) is 88.0 Å². The van der Waals surface area contributed by atoms with Crippen molar-refractivity contribution in [2.75, 3.05) is 13.1 Å². The zero-order valence-electron chi connectivity index (χ0n) is 13.5. The van der Waals surface area contributed by atoms with Crippen LogP contribution in [0.15, 0.2) is 0 Å². The van der Waals surface area contributed by atoms with Gasteiger partial charge in [-0.2, -0.15) is 0 Å². The van der Waals surface area contributed by atoms with Gasteiger partial charge in [-0.1, -0.05) is 19.3 Å². The first-order valence-electron chi connectivity index (χ1n) is 9.01. The van der Waals surface area contributed by atoms with E-state index in [2.05, 4.69) is 10.2 Å². The summed E-state index contributed by atoms with van der Waals surface area (Å²) >= 11 is 0. The van der Waals surface area contributed by atoms with Crippen LogP contribution < -0.4 is 5.32 Å². The number of hydrogen-bond donors (Lipinski definition) is 3. The molecule has 1 saturated heterocycles. The molecule has 3 aliphatic rings. The van der Waals surface area contributed by atoms with Crippen molar-refractivity contribution in [2.24, 2.45) is 0 Å². The number of hydrogen-bond acceptors (Lipinski definition) is 4. The van der Waals surface area contributed by atoms with Gasteiger partial charge in [0.15, 0.2) is 0 Å². The van der Waals surface area contributed by atoms with Gasteiger partial charge < -0.3 is 15.5 Å². The molecule has 5 nitrogen and oxygen atoms in total. The van der Waals surface area contributed by atoms with Crippen molar-refractivity contribution in [1.82, 2.24) is 10.2 Å². The van der Waals surface area contributed by atoms with Crippen LogP contribution in [0, 0.1) is 0 Å². The fourth-order valence-electron chi connectivity index (χ4n) is 4.53. The lowest BCUT2D eigenvalue weighted by molar-refractivity contribution is -0.129. The first-order valence-corrected chi connectivity index (χ1v) is 9.01. The standard InChI is InChI=1S/C17H30N2O3/c20-15(12-17(22)8-2-1-3-9-17)18-13-6-7-14(16(13)21)19-10-4-5-11-19/h13-14,16,21-22H,1-12H2,(H,18,20)/t13-,14-,16-/m1/s1. The fraction of sp³-hybridized carbons (Fsp3) is 0.941. The lowest BCUT2D eigenvalue weighted by Crippen LogP contribution is -2.49. The second kappa shape index (κ2) is 6.85.